The van der Waals surface area contributed by atoms with Crippen molar-refractivity contribution in [2.75, 3.05) is 6.61 Å². The van der Waals surface area contributed by atoms with Crippen LogP contribution in [0.2, 0.25) is 0 Å². The number of aromatic nitrogens is 1. The standard InChI is InChI=1S/C23H29N3O5/c1-16-13-18(17(2)26(16)14-20-9-6-12-30-20)10-11-22(28)31-15-21(27)25-23(29)24-19-7-4-3-5-8-19/h6,9-13,19H,3-5,7-8,14-15H2,1-2H3,(H2,24,25,27,29)/b11-10+. The number of aryl methyl sites for hydroxylation is 1. The van der Waals surface area contributed by atoms with E-state index in [-0.39, 0.29) is 6.04 Å². The number of hydrogen-bond acceptors (Lipinski definition) is 5. The molecule has 2 aromatic rings. The minimum Gasteiger partial charge on any atom is -0.467 e. The smallest absolute Gasteiger partial charge is 0.331 e. The van der Waals surface area contributed by atoms with Crippen LogP contribution in [0.25, 0.3) is 6.08 Å². The Bertz CT molecular complexity index is 937. The summed E-state index contributed by atoms with van der Waals surface area (Å²) in [5.74, 6) is -0.472. The highest BCUT2D eigenvalue weighted by Gasteiger charge is 2.17. The Morgan fingerprint density at radius 3 is 2.71 bits per heavy atom. The van der Waals surface area contributed by atoms with E-state index in [1.807, 2.05) is 32.0 Å². The Kier molecular flexibility index (Phi) is 7.70. The number of imide groups is 1. The molecule has 0 radical (unpaired) electrons. The van der Waals surface area contributed by atoms with Crippen molar-refractivity contribution in [2.24, 2.45) is 0 Å². The lowest BCUT2D eigenvalue weighted by atomic mass is 9.96. The summed E-state index contributed by atoms with van der Waals surface area (Å²) in [5, 5.41) is 4.97. The number of hydrogen-bond donors (Lipinski definition) is 2. The molecule has 2 aromatic heterocycles. The number of ether oxygens (including phenoxy) is 1. The Hall–Kier alpha value is -3.29. The van der Waals surface area contributed by atoms with Crippen LogP contribution in [0.3, 0.4) is 0 Å². The molecule has 0 atom stereocenters. The predicted molar refractivity (Wildman–Crippen MR) is 115 cm³/mol. The maximum atomic E-state index is 12.0. The highest BCUT2D eigenvalue weighted by Crippen LogP contribution is 2.19. The van der Waals surface area contributed by atoms with E-state index in [0.29, 0.717) is 6.54 Å². The average Bonchev–Trinajstić information content (AvgIpc) is 3.35. The van der Waals surface area contributed by atoms with Gasteiger partial charge in [-0.3, -0.25) is 10.1 Å². The van der Waals surface area contributed by atoms with Gasteiger partial charge < -0.3 is 19.0 Å². The summed E-state index contributed by atoms with van der Waals surface area (Å²) in [6.45, 7) is 4.03. The van der Waals surface area contributed by atoms with Crippen molar-refractivity contribution in [1.29, 1.82) is 0 Å². The summed E-state index contributed by atoms with van der Waals surface area (Å²) in [5.41, 5.74) is 2.89. The maximum absolute atomic E-state index is 12.0. The SMILES string of the molecule is Cc1cc(/C=C/C(=O)OCC(=O)NC(=O)NC2CCCCC2)c(C)n1Cc1ccco1. The van der Waals surface area contributed by atoms with Gasteiger partial charge in [0.2, 0.25) is 0 Å². The molecule has 3 rings (SSSR count). The molecule has 1 saturated carbocycles. The summed E-state index contributed by atoms with van der Waals surface area (Å²) >= 11 is 0. The topological polar surface area (TPSA) is 103 Å². The highest BCUT2D eigenvalue weighted by molar-refractivity contribution is 5.96. The zero-order valence-corrected chi connectivity index (χ0v) is 18.0. The van der Waals surface area contributed by atoms with Gasteiger partial charge in [-0.15, -0.1) is 0 Å². The number of esters is 1. The number of rotatable bonds is 7. The zero-order chi connectivity index (χ0) is 22.2. The molecule has 8 nitrogen and oxygen atoms in total. The first-order valence-electron chi connectivity index (χ1n) is 10.6. The largest absolute Gasteiger partial charge is 0.467 e. The van der Waals surface area contributed by atoms with Gasteiger partial charge in [0, 0.05) is 23.5 Å². The lowest BCUT2D eigenvalue weighted by Gasteiger charge is -2.22. The van der Waals surface area contributed by atoms with Crippen molar-refractivity contribution >= 4 is 24.0 Å². The predicted octanol–water partition coefficient (Wildman–Crippen LogP) is 3.46. The van der Waals surface area contributed by atoms with E-state index in [4.69, 9.17) is 9.15 Å². The Morgan fingerprint density at radius 1 is 1.23 bits per heavy atom. The molecule has 31 heavy (non-hydrogen) atoms. The van der Waals surface area contributed by atoms with Crippen molar-refractivity contribution in [3.63, 3.8) is 0 Å². The van der Waals surface area contributed by atoms with Crippen LogP contribution in [0.5, 0.6) is 0 Å². The van der Waals surface area contributed by atoms with E-state index >= 15 is 0 Å². The van der Waals surface area contributed by atoms with Gasteiger partial charge in [-0.1, -0.05) is 19.3 Å². The van der Waals surface area contributed by atoms with E-state index in [2.05, 4.69) is 15.2 Å². The fourth-order valence-electron chi connectivity index (χ4n) is 3.77. The number of carbonyl (C=O) groups is 3. The molecule has 0 saturated heterocycles. The van der Waals surface area contributed by atoms with E-state index in [1.165, 1.54) is 12.5 Å². The second-order valence-corrected chi connectivity index (χ2v) is 7.79. The van der Waals surface area contributed by atoms with Crippen LogP contribution in [-0.2, 0) is 20.9 Å². The van der Waals surface area contributed by atoms with Crippen molar-refractivity contribution in [3.8, 4) is 0 Å². The van der Waals surface area contributed by atoms with Gasteiger partial charge in [-0.25, -0.2) is 9.59 Å². The fourth-order valence-corrected chi connectivity index (χ4v) is 3.77. The highest BCUT2D eigenvalue weighted by atomic mass is 16.5. The number of amides is 3. The average molecular weight is 428 g/mol. The summed E-state index contributed by atoms with van der Waals surface area (Å²) in [6.07, 6.45) is 9.73. The minimum absolute atomic E-state index is 0.0961. The molecule has 0 spiro atoms. The third kappa shape index (κ3) is 6.60. The van der Waals surface area contributed by atoms with Crippen LogP contribution in [-0.4, -0.2) is 35.1 Å². The molecule has 1 aliphatic carbocycles. The number of carbonyl (C=O) groups excluding carboxylic acids is 3. The quantitative estimate of drug-likeness (QED) is 0.520. The van der Waals surface area contributed by atoms with Crippen molar-refractivity contribution in [1.82, 2.24) is 15.2 Å². The van der Waals surface area contributed by atoms with Crippen LogP contribution in [0.15, 0.2) is 35.0 Å². The maximum Gasteiger partial charge on any atom is 0.331 e. The number of furan rings is 1. The van der Waals surface area contributed by atoms with E-state index < -0.39 is 24.5 Å². The van der Waals surface area contributed by atoms with Crippen LogP contribution >= 0.6 is 0 Å². The number of urea groups is 1. The Balaban J connectivity index is 1.44. The van der Waals surface area contributed by atoms with E-state index in [9.17, 15) is 14.4 Å². The number of nitrogens with zero attached hydrogens (tertiary/aromatic N) is 1. The van der Waals surface area contributed by atoms with E-state index in [1.54, 1.807) is 12.3 Å². The van der Waals surface area contributed by atoms with Crippen molar-refractivity contribution < 1.29 is 23.5 Å². The molecule has 0 aromatic carbocycles. The zero-order valence-electron chi connectivity index (χ0n) is 18.0. The van der Waals surface area contributed by atoms with E-state index in [0.717, 1.165) is 48.4 Å². The van der Waals surface area contributed by atoms with Gasteiger partial charge in [0.1, 0.15) is 5.76 Å². The molecule has 2 N–H and O–H groups in total. The second-order valence-electron chi connectivity index (χ2n) is 7.79. The molecule has 2 heterocycles. The van der Waals surface area contributed by atoms with Crippen LogP contribution in [0, 0.1) is 13.8 Å². The molecule has 1 fully saturated rings. The number of nitrogens with one attached hydrogen (secondary N) is 2. The van der Waals surface area contributed by atoms with Crippen LogP contribution in [0.4, 0.5) is 4.79 Å². The third-order valence-electron chi connectivity index (χ3n) is 5.44. The summed E-state index contributed by atoms with van der Waals surface area (Å²) in [7, 11) is 0. The first-order chi connectivity index (χ1) is 14.9. The summed E-state index contributed by atoms with van der Waals surface area (Å²) in [6, 6.07) is 5.26. The molecule has 0 unspecified atom stereocenters. The van der Waals surface area contributed by atoms with Gasteiger partial charge >= 0.3 is 12.0 Å². The molecule has 0 aliphatic heterocycles. The minimum atomic E-state index is -0.660. The van der Waals surface area contributed by atoms with Gasteiger partial charge in [-0.2, -0.15) is 0 Å². The first kappa shape index (κ1) is 22.4. The molecule has 0 bridgehead atoms. The van der Waals surface area contributed by atoms with Crippen molar-refractivity contribution in [2.45, 2.75) is 58.5 Å². The molecular formula is C23H29N3O5. The van der Waals surface area contributed by atoms with Gasteiger partial charge in [0.15, 0.2) is 6.61 Å². The lowest BCUT2D eigenvalue weighted by molar-refractivity contribution is -0.143. The fraction of sp³-hybridized carbons (Fsp3) is 0.435. The molecule has 166 valence electrons. The van der Waals surface area contributed by atoms with Gasteiger partial charge in [0.05, 0.1) is 12.8 Å². The van der Waals surface area contributed by atoms with Crippen molar-refractivity contribution in [3.05, 3.63) is 53.2 Å². The van der Waals surface area contributed by atoms with Gasteiger partial charge in [-0.05, 0) is 56.5 Å². The summed E-state index contributed by atoms with van der Waals surface area (Å²) < 4.78 is 12.4. The Labute approximate surface area is 181 Å². The summed E-state index contributed by atoms with van der Waals surface area (Å²) in [4.78, 5) is 35.7. The van der Waals surface area contributed by atoms with Crippen LogP contribution < -0.4 is 10.6 Å². The first-order valence-corrected chi connectivity index (χ1v) is 10.6. The second kappa shape index (κ2) is 10.7. The van der Waals surface area contributed by atoms with Crippen LogP contribution in [0.1, 0.15) is 54.8 Å². The molecule has 8 heteroatoms. The molecular weight excluding hydrogens is 398 g/mol. The third-order valence-corrected chi connectivity index (χ3v) is 5.44. The molecule has 1 aliphatic rings. The Morgan fingerprint density at radius 2 is 2.00 bits per heavy atom. The lowest BCUT2D eigenvalue weighted by Crippen LogP contribution is -2.46. The molecule has 3 amide bonds. The van der Waals surface area contributed by atoms with Gasteiger partial charge in [0.25, 0.3) is 5.91 Å². The monoisotopic (exact) mass is 427 g/mol. The normalized spacial score (nSPS) is 14.5.